The summed E-state index contributed by atoms with van der Waals surface area (Å²) < 4.78 is 1.10. The van der Waals surface area contributed by atoms with Gasteiger partial charge in [-0.05, 0) is 24.0 Å². The molecule has 1 N–H and O–H groups in total. The fourth-order valence-electron chi connectivity index (χ4n) is 2.21. The van der Waals surface area contributed by atoms with Crippen molar-refractivity contribution in [2.45, 2.75) is 12.3 Å². The van der Waals surface area contributed by atoms with E-state index in [0.717, 1.165) is 28.4 Å². The number of carbonyl (C=O) groups excluding carboxylic acids is 1. The number of nitrogens with zero attached hydrogens (tertiary/aromatic N) is 1. The minimum atomic E-state index is 0.104. The third-order valence-corrected chi connectivity index (χ3v) is 4.86. The van der Waals surface area contributed by atoms with Gasteiger partial charge in [0.2, 0.25) is 5.91 Å². The lowest BCUT2D eigenvalue weighted by Gasteiger charge is -2.05. The maximum Gasteiger partial charge on any atom is 0.229 e. The van der Waals surface area contributed by atoms with Crippen LogP contribution in [0.4, 0.5) is 0 Å². The second kappa shape index (κ2) is 5.05. The fourth-order valence-corrected chi connectivity index (χ4v) is 3.52. The van der Waals surface area contributed by atoms with Crippen LogP contribution in [-0.4, -0.2) is 23.4 Å². The van der Waals surface area contributed by atoms with E-state index in [1.807, 2.05) is 18.2 Å². The predicted octanol–water partition coefficient (Wildman–Crippen LogP) is 2.77. The van der Waals surface area contributed by atoms with Gasteiger partial charge in [-0.2, -0.15) is 0 Å². The minimum absolute atomic E-state index is 0.104. The topological polar surface area (TPSA) is 41.5 Å². The Kier molecular flexibility index (Phi) is 3.43. The first-order valence-electron chi connectivity index (χ1n) is 5.98. The van der Waals surface area contributed by atoms with Crippen molar-refractivity contribution in [3.63, 3.8) is 0 Å². The average molecular weight is 325 g/mol. The van der Waals surface area contributed by atoms with Crippen molar-refractivity contribution >= 4 is 38.8 Å². The first-order chi connectivity index (χ1) is 8.75. The molecule has 94 valence electrons. The molecule has 3 nitrogen and oxygen atoms in total. The van der Waals surface area contributed by atoms with E-state index in [1.54, 1.807) is 11.8 Å². The molecule has 3 rings (SSSR count). The SMILES string of the molecule is O=C(NC1=NCCS1)[C@H]1C[C@@H]1c1ccccc1Br. The van der Waals surface area contributed by atoms with Crippen molar-refractivity contribution in [2.24, 2.45) is 10.9 Å². The zero-order chi connectivity index (χ0) is 12.5. The molecule has 2 aliphatic rings. The molecule has 0 radical (unpaired) electrons. The number of aliphatic imine (C=N–C) groups is 1. The number of halogens is 1. The van der Waals surface area contributed by atoms with Gasteiger partial charge < -0.3 is 5.32 Å². The van der Waals surface area contributed by atoms with Crippen molar-refractivity contribution in [3.05, 3.63) is 34.3 Å². The molecule has 2 atom stereocenters. The number of amidine groups is 1. The quantitative estimate of drug-likeness (QED) is 0.908. The van der Waals surface area contributed by atoms with Gasteiger partial charge in [-0.15, -0.1) is 0 Å². The second-order valence-electron chi connectivity index (χ2n) is 4.49. The van der Waals surface area contributed by atoms with E-state index in [4.69, 9.17) is 0 Å². The molecule has 18 heavy (non-hydrogen) atoms. The van der Waals surface area contributed by atoms with Gasteiger partial charge >= 0.3 is 0 Å². The number of amides is 1. The van der Waals surface area contributed by atoms with E-state index in [2.05, 4.69) is 32.3 Å². The van der Waals surface area contributed by atoms with Gasteiger partial charge in [0.05, 0.1) is 6.54 Å². The number of rotatable bonds is 2. The van der Waals surface area contributed by atoms with E-state index in [1.165, 1.54) is 5.56 Å². The summed E-state index contributed by atoms with van der Waals surface area (Å²) in [6, 6.07) is 8.13. The van der Waals surface area contributed by atoms with Crippen LogP contribution in [-0.2, 0) is 4.79 Å². The average Bonchev–Trinajstić information content (AvgIpc) is 3.00. The molecular weight excluding hydrogens is 312 g/mol. The van der Waals surface area contributed by atoms with Gasteiger partial charge in [0, 0.05) is 16.1 Å². The molecule has 1 aromatic carbocycles. The molecule has 5 heteroatoms. The van der Waals surface area contributed by atoms with Crippen molar-refractivity contribution in [3.8, 4) is 0 Å². The highest BCUT2D eigenvalue weighted by Crippen LogP contribution is 2.49. The number of hydrogen-bond acceptors (Lipinski definition) is 3. The molecule has 0 spiro atoms. The second-order valence-corrected chi connectivity index (χ2v) is 6.43. The van der Waals surface area contributed by atoms with Gasteiger partial charge in [0.15, 0.2) is 5.17 Å². The van der Waals surface area contributed by atoms with Crippen LogP contribution in [0, 0.1) is 5.92 Å². The smallest absolute Gasteiger partial charge is 0.229 e. The number of hydrogen-bond donors (Lipinski definition) is 1. The standard InChI is InChI=1S/C13H13BrN2OS/c14-11-4-2-1-3-8(11)9-7-10(9)12(17)16-13-15-5-6-18-13/h1-4,9-10H,5-7H2,(H,15,16,17)/t9-,10+/m1/s1. The van der Waals surface area contributed by atoms with E-state index in [0.29, 0.717) is 5.92 Å². The normalized spacial score (nSPS) is 25.7. The van der Waals surface area contributed by atoms with Crippen molar-refractivity contribution < 1.29 is 4.79 Å². The first kappa shape index (κ1) is 12.2. The van der Waals surface area contributed by atoms with Crippen LogP contribution in [0.25, 0.3) is 0 Å². The predicted molar refractivity (Wildman–Crippen MR) is 77.9 cm³/mol. The molecule has 0 bridgehead atoms. The Hall–Kier alpha value is -0.810. The van der Waals surface area contributed by atoms with Gasteiger partial charge in [-0.25, -0.2) is 0 Å². The Morgan fingerprint density at radius 1 is 1.44 bits per heavy atom. The molecule has 1 saturated carbocycles. The van der Waals surface area contributed by atoms with Gasteiger partial charge in [0.25, 0.3) is 0 Å². The molecule has 0 saturated heterocycles. The Bertz CT molecular complexity index is 517. The summed E-state index contributed by atoms with van der Waals surface area (Å²) in [5.41, 5.74) is 1.23. The Morgan fingerprint density at radius 2 is 2.28 bits per heavy atom. The van der Waals surface area contributed by atoms with Crippen LogP contribution in [0.2, 0.25) is 0 Å². The third kappa shape index (κ3) is 2.47. The zero-order valence-corrected chi connectivity index (χ0v) is 12.1. The number of thioether (sulfide) groups is 1. The fraction of sp³-hybridized carbons (Fsp3) is 0.385. The van der Waals surface area contributed by atoms with Crippen molar-refractivity contribution in [1.29, 1.82) is 0 Å². The first-order valence-corrected chi connectivity index (χ1v) is 7.76. The molecule has 0 unspecified atom stereocenters. The van der Waals surface area contributed by atoms with E-state index in [-0.39, 0.29) is 11.8 Å². The van der Waals surface area contributed by atoms with E-state index in [9.17, 15) is 4.79 Å². The Labute approximate surface area is 119 Å². The molecule has 1 fully saturated rings. The van der Waals surface area contributed by atoms with Gasteiger partial charge in [-0.3, -0.25) is 9.79 Å². The lowest BCUT2D eigenvalue weighted by atomic mass is 10.1. The van der Waals surface area contributed by atoms with Gasteiger partial charge in [0.1, 0.15) is 0 Å². The molecule has 1 aliphatic heterocycles. The summed E-state index contributed by atoms with van der Waals surface area (Å²) in [6.07, 6.45) is 0.937. The highest BCUT2D eigenvalue weighted by Gasteiger charge is 2.45. The van der Waals surface area contributed by atoms with E-state index < -0.39 is 0 Å². The van der Waals surface area contributed by atoms with Crippen molar-refractivity contribution in [2.75, 3.05) is 12.3 Å². The van der Waals surface area contributed by atoms with Crippen LogP contribution < -0.4 is 5.32 Å². The maximum absolute atomic E-state index is 12.0. The molecular formula is C13H13BrN2OS. The van der Waals surface area contributed by atoms with Crippen LogP contribution in [0.3, 0.4) is 0 Å². The van der Waals surface area contributed by atoms with Crippen LogP contribution in [0.1, 0.15) is 17.9 Å². The molecule has 0 aromatic heterocycles. The molecule has 1 amide bonds. The lowest BCUT2D eigenvalue weighted by molar-refractivity contribution is -0.120. The Morgan fingerprint density at radius 3 is 3.00 bits per heavy atom. The van der Waals surface area contributed by atoms with Crippen LogP contribution in [0.5, 0.6) is 0 Å². The number of carbonyl (C=O) groups is 1. The Balaban J connectivity index is 1.63. The monoisotopic (exact) mass is 324 g/mol. The van der Waals surface area contributed by atoms with Crippen LogP contribution in [0.15, 0.2) is 33.7 Å². The van der Waals surface area contributed by atoms with Gasteiger partial charge in [-0.1, -0.05) is 45.9 Å². The number of benzene rings is 1. The summed E-state index contributed by atoms with van der Waals surface area (Å²) in [4.78, 5) is 16.3. The highest BCUT2D eigenvalue weighted by molar-refractivity contribution is 9.10. The maximum atomic E-state index is 12.0. The summed E-state index contributed by atoms with van der Waals surface area (Å²) in [7, 11) is 0. The molecule has 1 heterocycles. The summed E-state index contributed by atoms with van der Waals surface area (Å²) in [6.45, 7) is 0.818. The lowest BCUT2D eigenvalue weighted by Crippen LogP contribution is -2.29. The zero-order valence-electron chi connectivity index (χ0n) is 9.73. The van der Waals surface area contributed by atoms with Crippen molar-refractivity contribution in [1.82, 2.24) is 5.32 Å². The minimum Gasteiger partial charge on any atom is -0.305 e. The summed E-state index contributed by atoms with van der Waals surface area (Å²) in [5, 5.41) is 3.71. The molecule has 1 aliphatic carbocycles. The summed E-state index contributed by atoms with van der Waals surface area (Å²) >= 11 is 5.17. The largest absolute Gasteiger partial charge is 0.305 e. The summed E-state index contributed by atoms with van der Waals surface area (Å²) in [5.74, 6) is 1.55. The number of nitrogens with one attached hydrogen (secondary N) is 1. The third-order valence-electron chi connectivity index (χ3n) is 3.25. The van der Waals surface area contributed by atoms with Crippen LogP contribution >= 0.6 is 27.7 Å². The highest BCUT2D eigenvalue weighted by atomic mass is 79.9. The van der Waals surface area contributed by atoms with E-state index >= 15 is 0 Å². The molecule has 1 aromatic rings.